The summed E-state index contributed by atoms with van der Waals surface area (Å²) in [6, 6.07) is 5.58. The fraction of sp³-hybridized carbons (Fsp3) is 0.381. The van der Waals surface area contributed by atoms with Crippen molar-refractivity contribution in [3.05, 3.63) is 59.5 Å². The van der Waals surface area contributed by atoms with Crippen molar-refractivity contribution in [1.82, 2.24) is 10.2 Å². The van der Waals surface area contributed by atoms with E-state index in [0.717, 1.165) is 35.4 Å². The number of amides is 1. The van der Waals surface area contributed by atoms with Gasteiger partial charge in [0.15, 0.2) is 5.75 Å². The first-order chi connectivity index (χ1) is 12.4. The SMILES string of the molecule is C=C1C(=C)C(NC2CCCCC2)=C1Nc1cccc(C(=O)N(C)C)c1O. The lowest BCUT2D eigenvalue weighted by molar-refractivity contribution is 0.0824. The van der Waals surface area contributed by atoms with Crippen molar-refractivity contribution in [2.45, 2.75) is 38.1 Å². The van der Waals surface area contributed by atoms with Gasteiger partial charge in [-0.15, -0.1) is 0 Å². The molecule has 5 heteroatoms. The van der Waals surface area contributed by atoms with Gasteiger partial charge >= 0.3 is 0 Å². The van der Waals surface area contributed by atoms with E-state index in [1.807, 2.05) is 0 Å². The third-order valence-corrected chi connectivity index (χ3v) is 5.10. The van der Waals surface area contributed by atoms with E-state index < -0.39 is 0 Å². The van der Waals surface area contributed by atoms with Gasteiger partial charge in [0.1, 0.15) is 0 Å². The molecule has 2 aliphatic carbocycles. The van der Waals surface area contributed by atoms with E-state index >= 15 is 0 Å². The van der Waals surface area contributed by atoms with Crippen molar-refractivity contribution >= 4 is 11.6 Å². The molecule has 0 bridgehead atoms. The van der Waals surface area contributed by atoms with Crippen LogP contribution >= 0.6 is 0 Å². The van der Waals surface area contributed by atoms with E-state index in [-0.39, 0.29) is 17.2 Å². The van der Waals surface area contributed by atoms with E-state index in [0.29, 0.717) is 11.7 Å². The number of allylic oxidation sites excluding steroid dienone is 2. The summed E-state index contributed by atoms with van der Waals surface area (Å²) in [5.41, 5.74) is 4.29. The summed E-state index contributed by atoms with van der Waals surface area (Å²) in [6.45, 7) is 8.15. The molecule has 0 saturated heterocycles. The molecule has 0 unspecified atom stereocenters. The van der Waals surface area contributed by atoms with Gasteiger partial charge in [0.25, 0.3) is 5.91 Å². The Morgan fingerprint density at radius 2 is 1.77 bits per heavy atom. The van der Waals surface area contributed by atoms with Crippen LogP contribution in [0.25, 0.3) is 0 Å². The summed E-state index contributed by atoms with van der Waals surface area (Å²) in [5.74, 6) is -0.293. The first-order valence-electron chi connectivity index (χ1n) is 9.10. The first kappa shape index (κ1) is 18.1. The van der Waals surface area contributed by atoms with Gasteiger partial charge in [0.2, 0.25) is 0 Å². The lowest BCUT2D eigenvalue weighted by atomic mass is 9.87. The molecule has 5 nitrogen and oxygen atoms in total. The molecule has 26 heavy (non-hydrogen) atoms. The fourth-order valence-corrected chi connectivity index (χ4v) is 3.48. The normalized spacial score (nSPS) is 17.8. The van der Waals surface area contributed by atoms with Crippen LogP contribution in [0.2, 0.25) is 0 Å². The standard InChI is InChI=1S/C21H27N3O2/c1-13-14(2)19(18(13)22-15-9-6-5-7-10-15)23-17-12-8-11-16(20(17)25)21(26)24(3)4/h8,11-12,15,22-23,25H,1-2,5-7,9-10H2,3-4H3. The van der Waals surface area contributed by atoms with Gasteiger partial charge in [-0.05, 0) is 25.0 Å². The van der Waals surface area contributed by atoms with Crippen molar-refractivity contribution in [2.24, 2.45) is 0 Å². The number of nitrogens with one attached hydrogen (secondary N) is 2. The summed E-state index contributed by atoms with van der Waals surface area (Å²) in [5, 5.41) is 17.3. The fourth-order valence-electron chi connectivity index (χ4n) is 3.48. The molecule has 1 amide bonds. The first-order valence-corrected chi connectivity index (χ1v) is 9.10. The number of phenols is 1. The van der Waals surface area contributed by atoms with Crippen LogP contribution in [0.5, 0.6) is 5.75 Å². The minimum absolute atomic E-state index is 0.0546. The molecule has 3 N–H and O–H groups in total. The molecule has 2 aliphatic rings. The molecule has 138 valence electrons. The highest BCUT2D eigenvalue weighted by atomic mass is 16.3. The zero-order valence-electron chi connectivity index (χ0n) is 15.6. The molecule has 0 atom stereocenters. The van der Waals surface area contributed by atoms with E-state index in [1.165, 1.54) is 24.2 Å². The van der Waals surface area contributed by atoms with E-state index in [1.54, 1.807) is 32.3 Å². The Bertz CT molecular complexity index is 786. The molecule has 1 aromatic carbocycles. The Hall–Kier alpha value is -2.69. The van der Waals surface area contributed by atoms with Gasteiger partial charge in [0.05, 0.1) is 22.6 Å². The quantitative estimate of drug-likeness (QED) is 0.705. The maximum absolute atomic E-state index is 12.2. The van der Waals surface area contributed by atoms with Gasteiger partial charge in [-0.2, -0.15) is 0 Å². The lowest BCUT2D eigenvalue weighted by Crippen LogP contribution is -2.36. The predicted octanol–water partition coefficient (Wildman–Crippen LogP) is 3.77. The van der Waals surface area contributed by atoms with Crippen LogP contribution in [-0.2, 0) is 0 Å². The lowest BCUT2D eigenvalue weighted by Gasteiger charge is -2.35. The van der Waals surface area contributed by atoms with E-state index in [4.69, 9.17) is 0 Å². The van der Waals surface area contributed by atoms with Crippen molar-refractivity contribution in [1.29, 1.82) is 0 Å². The van der Waals surface area contributed by atoms with Crippen LogP contribution in [-0.4, -0.2) is 36.1 Å². The number of para-hydroxylation sites is 1. The summed E-state index contributed by atoms with van der Waals surface area (Å²) < 4.78 is 0. The molecule has 0 radical (unpaired) electrons. The molecule has 0 aromatic heterocycles. The molecule has 1 aromatic rings. The highest BCUT2D eigenvalue weighted by Crippen LogP contribution is 2.39. The number of rotatable bonds is 5. The highest BCUT2D eigenvalue weighted by Gasteiger charge is 2.29. The average molecular weight is 353 g/mol. The van der Waals surface area contributed by atoms with Gasteiger partial charge in [-0.1, -0.05) is 38.5 Å². The molecular weight excluding hydrogens is 326 g/mol. The van der Waals surface area contributed by atoms with Crippen molar-refractivity contribution in [3.63, 3.8) is 0 Å². The van der Waals surface area contributed by atoms with Crippen LogP contribution in [0, 0.1) is 0 Å². The van der Waals surface area contributed by atoms with Crippen LogP contribution in [0.1, 0.15) is 42.5 Å². The number of nitrogens with zero attached hydrogens (tertiary/aromatic N) is 1. The maximum Gasteiger partial charge on any atom is 0.257 e. The Balaban J connectivity index is 1.84. The van der Waals surface area contributed by atoms with Gasteiger partial charge in [-0.25, -0.2) is 0 Å². The smallest absolute Gasteiger partial charge is 0.257 e. The number of hydrogen-bond acceptors (Lipinski definition) is 4. The molecule has 0 spiro atoms. The molecule has 1 fully saturated rings. The van der Waals surface area contributed by atoms with Crippen molar-refractivity contribution < 1.29 is 9.90 Å². The van der Waals surface area contributed by atoms with Gasteiger partial charge in [0, 0.05) is 31.3 Å². The predicted molar refractivity (Wildman–Crippen MR) is 105 cm³/mol. The Morgan fingerprint density at radius 1 is 1.12 bits per heavy atom. The molecule has 0 aliphatic heterocycles. The zero-order chi connectivity index (χ0) is 18.8. The summed E-state index contributed by atoms with van der Waals surface area (Å²) in [6.07, 6.45) is 6.12. The van der Waals surface area contributed by atoms with Crippen LogP contribution in [0.3, 0.4) is 0 Å². The van der Waals surface area contributed by atoms with Crippen molar-refractivity contribution in [2.75, 3.05) is 19.4 Å². The molecule has 0 heterocycles. The minimum atomic E-state index is -0.238. The van der Waals surface area contributed by atoms with E-state index in [9.17, 15) is 9.90 Å². The van der Waals surface area contributed by atoms with Crippen LogP contribution in [0.4, 0.5) is 5.69 Å². The number of hydrogen-bond donors (Lipinski definition) is 3. The molecule has 3 rings (SSSR count). The summed E-state index contributed by atoms with van der Waals surface area (Å²) in [4.78, 5) is 13.7. The molecule has 1 saturated carbocycles. The van der Waals surface area contributed by atoms with Crippen molar-refractivity contribution in [3.8, 4) is 5.75 Å². The third-order valence-electron chi connectivity index (χ3n) is 5.10. The monoisotopic (exact) mass is 353 g/mol. The summed E-state index contributed by atoms with van der Waals surface area (Å²) >= 11 is 0. The Kier molecular flexibility index (Phi) is 5.07. The number of benzene rings is 1. The number of carbonyl (C=O) groups excluding carboxylic acids is 1. The third kappa shape index (κ3) is 3.34. The number of carbonyl (C=O) groups is 1. The number of phenolic OH excluding ortho intramolecular Hbond substituents is 1. The minimum Gasteiger partial charge on any atom is -0.505 e. The Morgan fingerprint density at radius 3 is 2.42 bits per heavy atom. The van der Waals surface area contributed by atoms with Crippen LogP contribution < -0.4 is 10.6 Å². The largest absolute Gasteiger partial charge is 0.505 e. The maximum atomic E-state index is 12.2. The van der Waals surface area contributed by atoms with E-state index in [2.05, 4.69) is 23.8 Å². The van der Waals surface area contributed by atoms with Crippen LogP contribution in [0.15, 0.2) is 53.9 Å². The second kappa shape index (κ2) is 7.28. The highest BCUT2D eigenvalue weighted by molar-refractivity contribution is 5.98. The number of aromatic hydroxyl groups is 1. The average Bonchev–Trinajstić information content (AvgIpc) is 2.65. The number of anilines is 1. The topological polar surface area (TPSA) is 64.6 Å². The summed E-state index contributed by atoms with van der Waals surface area (Å²) in [7, 11) is 3.32. The van der Waals surface area contributed by atoms with Gasteiger partial charge < -0.3 is 20.6 Å². The second-order valence-electron chi connectivity index (χ2n) is 7.21. The van der Waals surface area contributed by atoms with Gasteiger partial charge in [-0.3, -0.25) is 4.79 Å². The Labute approximate surface area is 155 Å². The second-order valence-corrected chi connectivity index (χ2v) is 7.21. The zero-order valence-corrected chi connectivity index (χ0v) is 15.6. The molecular formula is C21H27N3O2.